The summed E-state index contributed by atoms with van der Waals surface area (Å²) in [5.41, 5.74) is 1.23. The fourth-order valence-corrected chi connectivity index (χ4v) is 13.4. The van der Waals surface area contributed by atoms with Crippen LogP contribution in [0.3, 0.4) is 0 Å². The summed E-state index contributed by atoms with van der Waals surface area (Å²) in [5.74, 6) is 0.129. The molecule has 4 heteroatoms. The van der Waals surface area contributed by atoms with Crippen molar-refractivity contribution in [2.45, 2.75) is 175 Å². The van der Waals surface area contributed by atoms with E-state index in [2.05, 4.69) is 57.0 Å². The third kappa shape index (κ3) is 19.0. The van der Waals surface area contributed by atoms with E-state index < -0.39 is 6.83 Å². The van der Waals surface area contributed by atoms with Gasteiger partial charge in [0.05, 0.1) is 0 Å². The number of allylic oxidation sites excluding steroid dienone is 2. The SMILES string of the molecule is CCCCP(CCCC)(CCCC)(CCCC)OC(=O)CCCCCCC/C=C\CCCCCCCCc1ccccn1. The molecule has 0 aliphatic heterocycles. The van der Waals surface area contributed by atoms with Gasteiger partial charge in [0.25, 0.3) is 0 Å². The minimum Gasteiger partial charge on any atom is -0.261 e. The molecule has 0 N–H and O–H groups in total. The van der Waals surface area contributed by atoms with Crippen LogP contribution in [0.5, 0.6) is 0 Å². The van der Waals surface area contributed by atoms with Crippen LogP contribution in [0, 0.1) is 0 Å². The van der Waals surface area contributed by atoms with Gasteiger partial charge in [0.2, 0.25) is 0 Å². The molecule has 0 aliphatic carbocycles. The Labute approximate surface area is 268 Å². The molecule has 0 amide bonds. The number of carbonyl (C=O) groups excluding carboxylic acids is 1. The second kappa shape index (κ2) is 26.1. The molecule has 0 bridgehead atoms. The van der Waals surface area contributed by atoms with Crippen molar-refractivity contribution in [3.63, 3.8) is 0 Å². The van der Waals surface area contributed by atoms with E-state index >= 15 is 0 Å². The van der Waals surface area contributed by atoms with Gasteiger partial charge in [-0.3, -0.25) is 4.98 Å². The zero-order valence-electron chi connectivity index (χ0n) is 29.3. The van der Waals surface area contributed by atoms with E-state index in [1.54, 1.807) is 0 Å². The first-order chi connectivity index (χ1) is 21.0. The predicted octanol–water partition coefficient (Wildman–Crippen LogP) is 12.9. The van der Waals surface area contributed by atoms with Gasteiger partial charge in [-0.1, -0.05) is 31.7 Å². The second-order valence-electron chi connectivity index (χ2n) is 13.4. The van der Waals surface area contributed by atoms with Crippen LogP contribution in [-0.2, 0) is 15.7 Å². The zero-order valence-corrected chi connectivity index (χ0v) is 30.2. The van der Waals surface area contributed by atoms with Crippen molar-refractivity contribution in [3.05, 3.63) is 42.2 Å². The first-order valence-corrected chi connectivity index (χ1v) is 21.7. The number of unbranched alkanes of at least 4 members (excludes halogenated alkanes) is 15. The summed E-state index contributed by atoms with van der Waals surface area (Å²) < 4.78 is 6.86. The van der Waals surface area contributed by atoms with E-state index in [0.29, 0.717) is 6.42 Å². The van der Waals surface area contributed by atoms with Crippen LogP contribution in [0.25, 0.3) is 0 Å². The average Bonchev–Trinajstić information content (AvgIpc) is 3.03. The van der Waals surface area contributed by atoms with Crippen LogP contribution in [-0.4, -0.2) is 35.6 Å². The van der Waals surface area contributed by atoms with Gasteiger partial charge in [0, 0.05) is 11.9 Å². The molecule has 0 saturated carbocycles. The second-order valence-corrected chi connectivity index (χ2v) is 19.1. The molecule has 0 aromatic carbocycles. The standard InChI is InChI=1S/C39H72NO2P/c1-5-9-34-43(35-10-6-2,36-11-7-3,37-12-8-4)42-39(41)32-27-25-23-21-19-17-15-13-14-16-18-20-22-24-26-30-38-31-28-29-33-40-38/h13,15,28-29,31,33H,5-12,14,16-27,30,32,34-37H2,1-4H3/b15-13-. The van der Waals surface area contributed by atoms with Crippen LogP contribution < -0.4 is 0 Å². The van der Waals surface area contributed by atoms with Gasteiger partial charge in [-0.25, -0.2) is 0 Å². The van der Waals surface area contributed by atoms with Gasteiger partial charge >= 0.3 is 189 Å². The summed E-state index contributed by atoms with van der Waals surface area (Å²) in [6.07, 6.45) is 39.1. The molecule has 1 aromatic rings. The topological polar surface area (TPSA) is 39.2 Å². The maximum atomic E-state index is 13.3. The molecule has 250 valence electrons. The van der Waals surface area contributed by atoms with Crippen LogP contribution in [0.15, 0.2) is 36.5 Å². The summed E-state index contributed by atoms with van der Waals surface area (Å²) in [6, 6.07) is 6.21. The van der Waals surface area contributed by atoms with Crippen LogP contribution >= 0.6 is 6.83 Å². The summed E-state index contributed by atoms with van der Waals surface area (Å²) in [7, 11) is 0. The molecule has 1 aromatic heterocycles. The van der Waals surface area contributed by atoms with Gasteiger partial charge in [0.15, 0.2) is 0 Å². The molecular weight excluding hydrogens is 545 g/mol. The van der Waals surface area contributed by atoms with E-state index in [9.17, 15) is 4.79 Å². The molecule has 3 nitrogen and oxygen atoms in total. The molecular formula is C39H72NO2P. The van der Waals surface area contributed by atoms with Crippen molar-refractivity contribution in [3.8, 4) is 0 Å². The number of aryl methyl sites for hydroxylation is 1. The van der Waals surface area contributed by atoms with E-state index in [4.69, 9.17) is 4.52 Å². The molecule has 0 aliphatic rings. The Kier molecular flexibility index (Phi) is 24.1. The molecule has 43 heavy (non-hydrogen) atoms. The molecule has 0 spiro atoms. The smallest absolute Gasteiger partial charge is 0.261 e. The number of hydrogen-bond donors (Lipinski definition) is 0. The Hall–Kier alpha value is -1.21. The minimum absolute atomic E-state index is 0.129. The van der Waals surface area contributed by atoms with Gasteiger partial charge in [-0.15, -0.1) is 0 Å². The quantitative estimate of drug-likeness (QED) is 0.0490. The Balaban J connectivity index is 2.20. The van der Waals surface area contributed by atoms with Crippen molar-refractivity contribution in [2.75, 3.05) is 24.6 Å². The van der Waals surface area contributed by atoms with E-state index in [-0.39, 0.29) is 5.97 Å². The van der Waals surface area contributed by atoms with Crippen LogP contribution in [0.4, 0.5) is 0 Å². The fraction of sp³-hybridized carbons (Fsp3) is 0.795. The third-order valence-electron chi connectivity index (χ3n) is 9.37. The van der Waals surface area contributed by atoms with Crippen molar-refractivity contribution in [1.29, 1.82) is 0 Å². The number of pyridine rings is 1. The summed E-state index contributed by atoms with van der Waals surface area (Å²) in [4.78, 5) is 17.7. The number of carbonyl (C=O) groups is 1. The number of aromatic nitrogens is 1. The molecule has 0 radical (unpaired) electrons. The number of nitrogens with zero attached hydrogens (tertiary/aromatic N) is 1. The number of hydrogen-bond acceptors (Lipinski definition) is 3. The molecule has 0 saturated heterocycles. The Bertz CT molecular complexity index is 765. The normalized spacial score (nSPS) is 12.9. The van der Waals surface area contributed by atoms with Crippen molar-refractivity contribution in [2.24, 2.45) is 0 Å². The van der Waals surface area contributed by atoms with E-state index in [1.165, 1.54) is 152 Å². The molecule has 1 heterocycles. The van der Waals surface area contributed by atoms with Gasteiger partial charge in [-0.05, 0) is 31.4 Å². The summed E-state index contributed by atoms with van der Waals surface area (Å²) in [5, 5.41) is 0. The zero-order chi connectivity index (χ0) is 31.4. The minimum atomic E-state index is -2.47. The third-order valence-corrected chi connectivity index (χ3v) is 15.9. The van der Waals surface area contributed by atoms with Crippen LogP contribution in [0.1, 0.15) is 175 Å². The number of rotatable bonds is 30. The Morgan fingerprint density at radius 2 is 1.09 bits per heavy atom. The van der Waals surface area contributed by atoms with Gasteiger partial charge < -0.3 is 0 Å². The molecule has 0 atom stereocenters. The van der Waals surface area contributed by atoms with Gasteiger partial charge in [0.1, 0.15) is 0 Å². The monoisotopic (exact) mass is 618 g/mol. The van der Waals surface area contributed by atoms with Crippen molar-refractivity contribution in [1.82, 2.24) is 4.98 Å². The predicted molar refractivity (Wildman–Crippen MR) is 194 cm³/mol. The van der Waals surface area contributed by atoms with Crippen molar-refractivity contribution >= 4 is 12.8 Å². The van der Waals surface area contributed by atoms with Crippen LogP contribution in [0.2, 0.25) is 0 Å². The average molecular weight is 618 g/mol. The summed E-state index contributed by atoms with van der Waals surface area (Å²) in [6.45, 7) is 6.69. The molecule has 0 unspecified atom stereocenters. The Morgan fingerprint density at radius 1 is 0.628 bits per heavy atom. The Morgan fingerprint density at radius 3 is 1.56 bits per heavy atom. The summed E-state index contributed by atoms with van der Waals surface area (Å²) >= 11 is 0. The molecule has 1 rings (SSSR count). The maximum absolute atomic E-state index is 13.3. The van der Waals surface area contributed by atoms with E-state index in [0.717, 1.165) is 19.3 Å². The van der Waals surface area contributed by atoms with Crippen molar-refractivity contribution < 1.29 is 9.32 Å². The fourth-order valence-electron chi connectivity index (χ4n) is 6.54. The van der Waals surface area contributed by atoms with Gasteiger partial charge in [-0.2, -0.15) is 0 Å². The first-order valence-electron chi connectivity index (χ1n) is 18.8. The first kappa shape index (κ1) is 39.8. The molecule has 0 fully saturated rings. The van der Waals surface area contributed by atoms with E-state index in [1.807, 2.05) is 12.3 Å².